The molecule has 0 saturated carbocycles. The maximum Gasteiger partial charge on any atom is 0.136 e. The van der Waals surface area contributed by atoms with Crippen molar-refractivity contribution in [3.63, 3.8) is 0 Å². The summed E-state index contributed by atoms with van der Waals surface area (Å²) in [4.78, 5) is 5.15. The predicted molar refractivity (Wildman–Crippen MR) is 259 cm³/mol. The van der Waals surface area contributed by atoms with Crippen molar-refractivity contribution in [2.24, 2.45) is 12.0 Å². The summed E-state index contributed by atoms with van der Waals surface area (Å²) in [5.74, 6) is 1.65. The number of benzene rings is 7. The summed E-state index contributed by atoms with van der Waals surface area (Å²) in [6.45, 7) is 8.90. The Labute approximate surface area is 363 Å². The Morgan fingerprint density at radius 2 is 1.31 bits per heavy atom. The molecule has 2 heterocycles. The van der Waals surface area contributed by atoms with Crippen LogP contribution in [-0.4, -0.2) is 25.5 Å². The number of ether oxygens (including phenoxy) is 2. The maximum atomic E-state index is 6.79. The zero-order valence-corrected chi connectivity index (χ0v) is 36.0. The lowest BCUT2D eigenvalue weighted by atomic mass is 9.85. The van der Waals surface area contributed by atoms with E-state index in [1.54, 1.807) is 14.2 Å². The van der Waals surface area contributed by atoms with Crippen molar-refractivity contribution < 1.29 is 13.9 Å². The molecule has 0 fully saturated rings. The standard InChI is InChI=1S/C57H50N2O3/c1-7-38(35-37-23-29-44(60-5)30-24-37)51(40-18-11-9-12-19-40)55(58-3)53(43-27-33-48-50(36-43)62-49-34-28-39-17-15-16-22-47(39)54(48)49)57-52(41-20-13-10-14-21-41)46(8-2)56(59(57)4)42-25-31-45(61-6)32-26-42/h9-34,36H,3,7-8,35H2,1-2,4-6H3/b51-38-,55-53-. The quantitative estimate of drug-likeness (QED) is 0.0861. The highest BCUT2D eigenvalue weighted by molar-refractivity contribution is 6.19. The van der Waals surface area contributed by atoms with Gasteiger partial charge in [-0.2, -0.15) is 0 Å². The fourth-order valence-electron chi connectivity index (χ4n) is 9.28. The van der Waals surface area contributed by atoms with Crippen LogP contribution in [0.4, 0.5) is 0 Å². The Morgan fingerprint density at radius 1 is 0.645 bits per heavy atom. The molecule has 0 spiro atoms. The van der Waals surface area contributed by atoms with Crippen LogP contribution in [0.5, 0.6) is 11.5 Å². The lowest BCUT2D eigenvalue weighted by Crippen LogP contribution is -2.06. The molecule has 5 nitrogen and oxygen atoms in total. The van der Waals surface area contributed by atoms with Gasteiger partial charge in [-0.1, -0.05) is 129 Å². The van der Waals surface area contributed by atoms with Crippen molar-refractivity contribution in [2.45, 2.75) is 33.1 Å². The average Bonchev–Trinajstić information content (AvgIpc) is 3.86. The molecule has 0 N–H and O–H groups in total. The Balaban J connectivity index is 1.43. The van der Waals surface area contributed by atoms with Gasteiger partial charge < -0.3 is 18.5 Å². The Bertz CT molecular complexity index is 3130. The van der Waals surface area contributed by atoms with E-state index in [1.165, 1.54) is 27.5 Å². The molecule has 5 heteroatoms. The highest BCUT2D eigenvalue weighted by Gasteiger charge is 2.30. The highest BCUT2D eigenvalue weighted by atomic mass is 16.5. The molecule has 0 amide bonds. The van der Waals surface area contributed by atoms with Crippen molar-refractivity contribution >= 4 is 50.6 Å². The van der Waals surface area contributed by atoms with Crippen LogP contribution >= 0.6 is 0 Å². The van der Waals surface area contributed by atoms with Crippen LogP contribution in [0.15, 0.2) is 184 Å². The Hall–Kier alpha value is -7.37. The molecule has 9 aromatic rings. The van der Waals surface area contributed by atoms with Gasteiger partial charge in [0.15, 0.2) is 0 Å². The van der Waals surface area contributed by atoms with Crippen molar-refractivity contribution in [3.8, 4) is 33.9 Å². The number of nitrogens with zero attached hydrogens (tertiary/aromatic N) is 2. The molecule has 0 bridgehead atoms. The number of furan rings is 1. The first-order valence-corrected chi connectivity index (χ1v) is 21.3. The van der Waals surface area contributed by atoms with E-state index in [0.717, 1.165) is 109 Å². The minimum absolute atomic E-state index is 0.725. The normalized spacial score (nSPS) is 12.4. The van der Waals surface area contributed by atoms with Gasteiger partial charge in [-0.3, -0.25) is 4.99 Å². The van der Waals surface area contributed by atoms with E-state index in [-0.39, 0.29) is 0 Å². The minimum atomic E-state index is 0.725. The number of methoxy groups -OCH3 is 2. The predicted octanol–water partition coefficient (Wildman–Crippen LogP) is 14.6. The average molecular weight is 811 g/mol. The van der Waals surface area contributed by atoms with Gasteiger partial charge in [0.1, 0.15) is 22.7 Å². The van der Waals surface area contributed by atoms with Crippen LogP contribution in [0, 0.1) is 0 Å². The van der Waals surface area contributed by atoms with Crippen molar-refractivity contribution in [3.05, 3.63) is 203 Å². The third kappa shape index (κ3) is 7.20. The van der Waals surface area contributed by atoms with E-state index in [9.17, 15) is 0 Å². The fraction of sp³-hybridized carbons (Fsp3) is 0.140. The number of aliphatic imine (C=N–C) groups is 1. The number of hydrogen-bond donors (Lipinski definition) is 0. The molecular formula is C57H50N2O3. The Morgan fingerprint density at radius 3 is 1.97 bits per heavy atom. The largest absolute Gasteiger partial charge is 0.497 e. The van der Waals surface area contributed by atoms with Gasteiger partial charge in [-0.05, 0) is 125 Å². The molecule has 0 aliphatic rings. The van der Waals surface area contributed by atoms with Crippen LogP contribution in [0.1, 0.15) is 48.2 Å². The molecule has 0 aliphatic carbocycles. The number of hydrogen-bond acceptors (Lipinski definition) is 4. The molecule has 306 valence electrons. The summed E-state index contributed by atoms with van der Waals surface area (Å²) in [6.07, 6.45) is 2.33. The fourth-order valence-corrected chi connectivity index (χ4v) is 9.28. The third-order valence-corrected chi connectivity index (χ3v) is 12.2. The Kier molecular flexibility index (Phi) is 11.2. The van der Waals surface area contributed by atoms with E-state index in [2.05, 4.69) is 172 Å². The molecule has 0 saturated heterocycles. The maximum absolute atomic E-state index is 6.79. The van der Waals surface area contributed by atoms with Gasteiger partial charge in [-0.25, -0.2) is 0 Å². The van der Waals surface area contributed by atoms with E-state index >= 15 is 0 Å². The lowest BCUT2D eigenvalue weighted by Gasteiger charge is -2.22. The van der Waals surface area contributed by atoms with Gasteiger partial charge >= 0.3 is 0 Å². The second-order valence-electron chi connectivity index (χ2n) is 15.6. The molecule has 7 aromatic carbocycles. The lowest BCUT2D eigenvalue weighted by molar-refractivity contribution is 0.414. The molecule has 0 aliphatic heterocycles. The van der Waals surface area contributed by atoms with E-state index in [1.807, 2.05) is 24.3 Å². The van der Waals surface area contributed by atoms with Gasteiger partial charge in [-0.15, -0.1) is 0 Å². The van der Waals surface area contributed by atoms with Crippen molar-refractivity contribution in [1.82, 2.24) is 4.57 Å². The van der Waals surface area contributed by atoms with Crippen molar-refractivity contribution in [2.75, 3.05) is 14.2 Å². The third-order valence-electron chi connectivity index (χ3n) is 12.2. The second kappa shape index (κ2) is 17.3. The number of fused-ring (bicyclic) bond motifs is 5. The van der Waals surface area contributed by atoms with Gasteiger partial charge in [0.2, 0.25) is 0 Å². The SMILES string of the molecule is C=NC(/C(=C(/CC)Cc1ccc(OC)cc1)c1ccccc1)=C(/c1ccc2c(c1)oc1ccc3ccccc3c12)c1c(-c2ccccc2)c(CC)c(-c2ccc(OC)cc2)n1C. The van der Waals surface area contributed by atoms with E-state index in [0.29, 0.717) is 0 Å². The summed E-state index contributed by atoms with van der Waals surface area (Å²) in [5, 5.41) is 4.55. The smallest absolute Gasteiger partial charge is 0.136 e. The first-order valence-electron chi connectivity index (χ1n) is 21.3. The van der Waals surface area contributed by atoms with Crippen LogP contribution in [0.25, 0.3) is 66.2 Å². The summed E-state index contributed by atoms with van der Waals surface area (Å²) >= 11 is 0. The summed E-state index contributed by atoms with van der Waals surface area (Å²) < 4.78 is 20.3. The molecule has 9 rings (SSSR count). The molecule has 62 heavy (non-hydrogen) atoms. The molecule has 0 atom stereocenters. The van der Waals surface area contributed by atoms with Crippen LogP contribution in [0.2, 0.25) is 0 Å². The topological polar surface area (TPSA) is 48.9 Å². The first-order chi connectivity index (χ1) is 30.5. The highest BCUT2D eigenvalue weighted by Crippen LogP contribution is 2.48. The van der Waals surface area contributed by atoms with Crippen LogP contribution in [0.3, 0.4) is 0 Å². The second-order valence-corrected chi connectivity index (χ2v) is 15.6. The number of aromatic nitrogens is 1. The van der Waals surface area contributed by atoms with Gasteiger partial charge in [0.25, 0.3) is 0 Å². The first kappa shape index (κ1) is 40.1. The summed E-state index contributed by atoms with van der Waals surface area (Å²) in [7, 11) is 5.60. The van der Waals surface area contributed by atoms with Gasteiger partial charge in [0, 0.05) is 34.5 Å². The summed E-state index contributed by atoms with van der Waals surface area (Å²) in [5.41, 5.74) is 15.9. The zero-order chi connectivity index (χ0) is 42.7. The number of allylic oxidation sites excluding steroid dienone is 2. The van der Waals surface area contributed by atoms with E-state index in [4.69, 9.17) is 18.9 Å². The summed E-state index contributed by atoms with van der Waals surface area (Å²) in [6, 6.07) is 57.7. The van der Waals surface area contributed by atoms with Crippen LogP contribution in [-0.2, 0) is 19.9 Å². The van der Waals surface area contributed by atoms with Gasteiger partial charge in [0.05, 0.1) is 31.3 Å². The molecular weight excluding hydrogens is 761 g/mol. The van der Waals surface area contributed by atoms with Crippen LogP contribution < -0.4 is 9.47 Å². The number of rotatable bonds is 13. The zero-order valence-electron chi connectivity index (χ0n) is 36.0. The molecule has 0 unspecified atom stereocenters. The molecule has 0 radical (unpaired) electrons. The molecule has 2 aromatic heterocycles. The monoisotopic (exact) mass is 810 g/mol. The minimum Gasteiger partial charge on any atom is -0.497 e. The van der Waals surface area contributed by atoms with Crippen molar-refractivity contribution in [1.29, 1.82) is 0 Å². The van der Waals surface area contributed by atoms with E-state index < -0.39 is 0 Å².